The number of carbonyl (C=O) groups excluding carboxylic acids is 1. The van der Waals surface area contributed by atoms with Crippen LogP contribution >= 0.6 is 15.9 Å². The molecule has 1 fully saturated rings. The summed E-state index contributed by atoms with van der Waals surface area (Å²) in [7, 11) is 1.59. The van der Waals surface area contributed by atoms with Crippen LogP contribution in [0.2, 0.25) is 0 Å². The van der Waals surface area contributed by atoms with E-state index < -0.39 is 0 Å². The van der Waals surface area contributed by atoms with Crippen LogP contribution in [-0.2, 0) is 4.74 Å². The third-order valence-electron chi connectivity index (χ3n) is 2.68. The van der Waals surface area contributed by atoms with E-state index in [9.17, 15) is 4.79 Å². The van der Waals surface area contributed by atoms with E-state index in [0.29, 0.717) is 37.6 Å². The van der Waals surface area contributed by atoms with Gasteiger partial charge in [0, 0.05) is 18.7 Å². The summed E-state index contributed by atoms with van der Waals surface area (Å²) in [6.07, 6.45) is 0. The molecule has 5 nitrogen and oxygen atoms in total. The van der Waals surface area contributed by atoms with Crippen molar-refractivity contribution in [2.75, 3.05) is 33.4 Å². The highest BCUT2D eigenvalue weighted by molar-refractivity contribution is 9.10. The first-order valence-corrected chi connectivity index (χ1v) is 6.47. The van der Waals surface area contributed by atoms with E-state index in [1.54, 1.807) is 25.3 Å². The average molecular weight is 315 g/mol. The highest BCUT2D eigenvalue weighted by Gasteiger charge is 2.15. The van der Waals surface area contributed by atoms with Crippen LogP contribution in [0.15, 0.2) is 22.7 Å². The number of hydrogen-bond donors (Lipinski definition) is 1. The standard InChI is InChI=1S/C12H15BrN2O3/c1-17-11-3-2-9(8-10(11)13)12(16)14-15-4-6-18-7-5-15/h2-3,8H,4-7H2,1H3,(H,14,16). The van der Waals surface area contributed by atoms with Crippen molar-refractivity contribution in [2.24, 2.45) is 0 Å². The maximum atomic E-state index is 12.0. The Kier molecular flexibility index (Phi) is 4.57. The fraction of sp³-hybridized carbons (Fsp3) is 0.417. The Labute approximate surface area is 114 Å². The topological polar surface area (TPSA) is 50.8 Å². The SMILES string of the molecule is COc1ccc(C(=O)NN2CCOCC2)cc1Br. The second-order valence-electron chi connectivity index (χ2n) is 3.89. The third kappa shape index (κ3) is 3.22. The zero-order chi connectivity index (χ0) is 13.0. The number of rotatable bonds is 3. The van der Waals surface area contributed by atoms with Gasteiger partial charge in [-0.15, -0.1) is 0 Å². The summed E-state index contributed by atoms with van der Waals surface area (Å²) in [5, 5.41) is 1.87. The van der Waals surface area contributed by atoms with Crippen LogP contribution < -0.4 is 10.2 Å². The first kappa shape index (κ1) is 13.3. The molecule has 1 aliphatic heterocycles. The van der Waals surface area contributed by atoms with Crippen molar-refractivity contribution in [3.8, 4) is 5.75 Å². The fourth-order valence-electron chi connectivity index (χ4n) is 1.69. The van der Waals surface area contributed by atoms with Crippen molar-refractivity contribution in [1.82, 2.24) is 10.4 Å². The maximum absolute atomic E-state index is 12.0. The third-order valence-corrected chi connectivity index (χ3v) is 3.30. The zero-order valence-electron chi connectivity index (χ0n) is 10.1. The molecule has 0 atom stereocenters. The van der Waals surface area contributed by atoms with E-state index in [0.717, 1.165) is 4.47 Å². The van der Waals surface area contributed by atoms with Crippen molar-refractivity contribution in [3.05, 3.63) is 28.2 Å². The fourth-order valence-corrected chi connectivity index (χ4v) is 2.23. The Morgan fingerprint density at radius 1 is 1.44 bits per heavy atom. The molecule has 0 aliphatic carbocycles. The largest absolute Gasteiger partial charge is 0.496 e. The molecule has 0 radical (unpaired) electrons. The lowest BCUT2D eigenvalue weighted by molar-refractivity contribution is 0.0126. The van der Waals surface area contributed by atoms with Crippen molar-refractivity contribution in [2.45, 2.75) is 0 Å². The number of morpholine rings is 1. The lowest BCUT2D eigenvalue weighted by Gasteiger charge is -2.26. The average Bonchev–Trinajstić information content (AvgIpc) is 2.39. The summed E-state index contributed by atoms with van der Waals surface area (Å²) >= 11 is 3.36. The van der Waals surface area contributed by atoms with E-state index in [2.05, 4.69) is 21.4 Å². The second-order valence-corrected chi connectivity index (χ2v) is 4.74. The Balaban J connectivity index is 2.01. The molecule has 18 heavy (non-hydrogen) atoms. The van der Waals surface area contributed by atoms with Gasteiger partial charge in [-0.3, -0.25) is 10.2 Å². The molecule has 0 unspecified atom stereocenters. The van der Waals surface area contributed by atoms with Crippen LogP contribution in [0.1, 0.15) is 10.4 Å². The van der Waals surface area contributed by atoms with E-state index in [1.165, 1.54) is 0 Å². The van der Waals surface area contributed by atoms with Gasteiger partial charge in [0.15, 0.2) is 0 Å². The van der Waals surface area contributed by atoms with Gasteiger partial charge in [-0.25, -0.2) is 5.01 Å². The molecule has 98 valence electrons. The molecule has 2 rings (SSSR count). The number of carbonyl (C=O) groups is 1. The van der Waals surface area contributed by atoms with Gasteiger partial charge < -0.3 is 9.47 Å². The van der Waals surface area contributed by atoms with E-state index >= 15 is 0 Å². The Morgan fingerprint density at radius 2 is 2.17 bits per heavy atom. The number of hydrazine groups is 1. The Bertz CT molecular complexity index is 433. The van der Waals surface area contributed by atoms with Gasteiger partial charge in [0.1, 0.15) is 5.75 Å². The highest BCUT2D eigenvalue weighted by atomic mass is 79.9. The number of halogens is 1. The first-order valence-electron chi connectivity index (χ1n) is 5.68. The number of nitrogens with zero attached hydrogens (tertiary/aromatic N) is 1. The molecule has 0 aromatic heterocycles. The van der Waals surface area contributed by atoms with Crippen LogP contribution in [-0.4, -0.2) is 44.3 Å². The van der Waals surface area contributed by atoms with Gasteiger partial charge in [0.05, 0.1) is 24.8 Å². The molecule has 1 aliphatic rings. The minimum Gasteiger partial charge on any atom is -0.496 e. The number of methoxy groups -OCH3 is 1. The predicted octanol–water partition coefficient (Wildman–Crippen LogP) is 1.43. The Morgan fingerprint density at radius 3 is 2.78 bits per heavy atom. The summed E-state index contributed by atoms with van der Waals surface area (Å²) in [6.45, 7) is 2.71. The second kappa shape index (κ2) is 6.17. The predicted molar refractivity (Wildman–Crippen MR) is 70.6 cm³/mol. The molecule has 1 aromatic rings. The van der Waals surface area contributed by atoms with Crippen molar-refractivity contribution in [3.63, 3.8) is 0 Å². The first-order chi connectivity index (χ1) is 8.70. The highest BCUT2D eigenvalue weighted by Crippen LogP contribution is 2.25. The molecule has 1 heterocycles. The van der Waals surface area contributed by atoms with E-state index in [4.69, 9.17) is 9.47 Å². The Hall–Kier alpha value is -1.11. The summed E-state index contributed by atoms with van der Waals surface area (Å²) in [5.41, 5.74) is 3.44. The van der Waals surface area contributed by atoms with Crippen LogP contribution in [0.4, 0.5) is 0 Å². The lowest BCUT2D eigenvalue weighted by Crippen LogP contribution is -2.48. The van der Waals surface area contributed by atoms with Gasteiger partial charge in [0.25, 0.3) is 5.91 Å². The van der Waals surface area contributed by atoms with Gasteiger partial charge in [-0.1, -0.05) is 0 Å². The quantitative estimate of drug-likeness (QED) is 0.917. The summed E-state index contributed by atoms with van der Waals surface area (Å²) < 4.78 is 11.1. The van der Waals surface area contributed by atoms with Crippen molar-refractivity contribution >= 4 is 21.8 Å². The van der Waals surface area contributed by atoms with Crippen molar-refractivity contribution < 1.29 is 14.3 Å². The molecule has 1 saturated heterocycles. The smallest absolute Gasteiger partial charge is 0.265 e. The molecule has 1 amide bonds. The lowest BCUT2D eigenvalue weighted by atomic mass is 10.2. The summed E-state index contributed by atoms with van der Waals surface area (Å²) in [6, 6.07) is 5.24. The molecule has 6 heteroatoms. The van der Waals surface area contributed by atoms with E-state index in [-0.39, 0.29) is 5.91 Å². The van der Waals surface area contributed by atoms with Gasteiger partial charge in [-0.2, -0.15) is 0 Å². The molecular formula is C12H15BrN2O3. The number of amides is 1. The maximum Gasteiger partial charge on any atom is 0.265 e. The van der Waals surface area contributed by atoms with E-state index in [1.807, 2.05) is 5.01 Å². The normalized spacial score (nSPS) is 16.3. The molecule has 0 saturated carbocycles. The van der Waals surface area contributed by atoms with Crippen LogP contribution in [0.25, 0.3) is 0 Å². The monoisotopic (exact) mass is 314 g/mol. The summed E-state index contributed by atoms with van der Waals surface area (Å²) in [5.74, 6) is 0.582. The zero-order valence-corrected chi connectivity index (χ0v) is 11.7. The van der Waals surface area contributed by atoms with Crippen molar-refractivity contribution in [1.29, 1.82) is 0 Å². The van der Waals surface area contributed by atoms with Crippen LogP contribution in [0.3, 0.4) is 0 Å². The summed E-state index contributed by atoms with van der Waals surface area (Å²) in [4.78, 5) is 12.0. The number of ether oxygens (including phenoxy) is 2. The molecule has 1 aromatic carbocycles. The molecule has 0 bridgehead atoms. The number of benzene rings is 1. The van der Waals surface area contributed by atoms with Crippen LogP contribution in [0, 0.1) is 0 Å². The molecule has 0 spiro atoms. The minimum absolute atomic E-state index is 0.125. The number of hydrogen-bond acceptors (Lipinski definition) is 4. The van der Waals surface area contributed by atoms with Gasteiger partial charge in [0.2, 0.25) is 0 Å². The van der Waals surface area contributed by atoms with Gasteiger partial charge >= 0.3 is 0 Å². The van der Waals surface area contributed by atoms with Gasteiger partial charge in [-0.05, 0) is 34.1 Å². The minimum atomic E-state index is -0.125. The molecule has 1 N–H and O–H groups in total. The van der Waals surface area contributed by atoms with Crippen LogP contribution in [0.5, 0.6) is 5.75 Å². The number of nitrogens with one attached hydrogen (secondary N) is 1. The molecular weight excluding hydrogens is 300 g/mol.